The van der Waals surface area contributed by atoms with Crippen molar-refractivity contribution < 1.29 is 18.0 Å². The van der Waals surface area contributed by atoms with Crippen LogP contribution in [0.5, 0.6) is 0 Å². The lowest BCUT2D eigenvalue weighted by molar-refractivity contribution is -0.189. The molecule has 2 fully saturated rings. The van der Waals surface area contributed by atoms with Gasteiger partial charge in [-0.25, -0.2) is 0 Å². The molecule has 1 amide bonds. The van der Waals surface area contributed by atoms with Gasteiger partial charge < -0.3 is 4.90 Å². The molecule has 7 heteroatoms. The normalized spacial score (nSPS) is 21.3. The molecule has 2 bridgehead atoms. The van der Waals surface area contributed by atoms with Gasteiger partial charge in [-0.2, -0.15) is 13.2 Å². The predicted octanol–water partition coefficient (Wildman–Crippen LogP) is 6.73. The maximum atomic E-state index is 13.2. The first-order chi connectivity index (χ1) is 16.4. The molecule has 172 valence electrons. The Bertz CT molecular complexity index is 1300. The lowest BCUT2D eigenvalue weighted by Crippen LogP contribution is -2.50. The highest BCUT2D eigenvalue weighted by atomic mass is 32.2. The Kier molecular flexibility index (Phi) is 5.06. The molecule has 4 heterocycles. The van der Waals surface area contributed by atoms with Crippen molar-refractivity contribution in [2.24, 2.45) is 0 Å². The summed E-state index contributed by atoms with van der Waals surface area (Å²) in [7, 11) is 0. The highest BCUT2D eigenvalue weighted by molar-refractivity contribution is 7.99. The zero-order valence-electron chi connectivity index (χ0n) is 18.2. The van der Waals surface area contributed by atoms with Crippen molar-refractivity contribution >= 4 is 23.2 Å². The third-order valence-electron chi connectivity index (χ3n) is 7.04. The van der Waals surface area contributed by atoms with E-state index in [4.69, 9.17) is 0 Å². The van der Waals surface area contributed by atoms with Crippen molar-refractivity contribution in [2.75, 3.05) is 0 Å². The fourth-order valence-corrected chi connectivity index (χ4v) is 6.76. The Hall–Kier alpha value is -3.06. The molecule has 1 aromatic heterocycles. The molecule has 3 nitrogen and oxygen atoms in total. The number of alkyl halides is 3. The Balaban J connectivity index is 1.45. The van der Waals surface area contributed by atoms with Crippen LogP contribution in [-0.2, 0) is 4.79 Å². The standard InChI is InChI=1S/C27H21F3N2OS/c28-27(29,30)26(33)32-19-8-9-20(32)13-18(12-19)25-21-5-1-2-6-23(21)34-24-14-16(7-10-22(24)25)17-4-3-11-31-15-17/h1-7,10-11,14-15,19-20H,8-9,12-13H2. The number of hydrogen-bond donors (Lipinski definition) is 0. The molecular formula is C27H21F3N2OS. The molecule has 0 N–H and O–H groups in total. The largest absolute Gasteiger partial charge is 0.471 e. The molecule has 3 aliphatic heterocycles. The van der Waals surface area contributed by atoms with Crippen molar-refractivity contribution in [1.29, 1.82) is 0 Å². The Morgan fingerprint density at radius 3 is 2.35 bits per heavy atom. The van der Waals surface area contributed by atoms with Gasteiger partial charge in [0.05, 0.1) is 0 Å². The summed E-state index contributed by atoms with van der Waals surface area (Å²) in [6.45, 7) is 0. The summed E-state index contributed by atoms with van der Waals surface area (Å²) in [5.74, 6) is -1.69. The van der Waals surface area contributed by atoms with Crippen molar-refractivity contribution in [3.63, 3.8) is 0 Å². The van der Waals surface area contributed by atoms with Gasteiger partial charge in [0.25, 0.3) is 0 Å². The summed E-state index contributed by atoms with van der Waals surface area (Å²) >= 11 is 1.72. The molecular weight excluding hydrogens is 457 g/mol. The van der Waals surface area contributed by atoms with Crippen LogP contribution in [0.3, 0.4) is 0 Å². The van der Waals surface area contributed by atoms with Gasteiger partial charge in [0.15, 0.2) is 0 Å². The van der Waals surface area contributed by atoms with Gasteiger partial charge in [0.1, 0.15) is 0 Å². The molecule has 0 radical (unpaired) electrons. The number of rotatable bonds is 1. The monoisotopic (exact) mass is 478 g/mol. The van der Waals surface area contributed by atoms with Gasteiger partial charge >= 0.3 is 12.1 Å². The van der Waals surface area contributed by atoms with E-state index in [1.54, 1.807) is 18.0 Å². The average molecular weight is 479 g/mol. The van der Waals surface area contributed by atoms with Crippen molar-refractivity contribution in [3.05, 3.63) is 83.7 Å². The zero-order chi connectivity index (χ0) is 23.4. The zero-order valence-corrected chi connectivity index (χ0v) is 19.0. The summed E-state index contributed by atoms with van der Waals surface area (Å²) in [5, 5.41) is 0. The number of nitrogens with zero attached hydrogens (tertiary/aromatic N) is 2. The smallest absolute Gasteiger partial charge is 0.328 e. The fraction of sp³-hybridized carbons (Fsp3) is 0.259. The van der Waals surface area contributed by atoms with E-state index >= 15 is 0 Å². The van der Waals surface area contributed by atoms with Crippen LogP contribution in [0.15, 0.2) is 82.4 Å². The molecule has 0 aliphatic carbocycles. The second kappa shape index (κ2) is 8.01. The second-order valence-corrected chi connectivity index (χ2v) is 10.1. The van der Waals surface area contributed by atoms with E-state index in [1.807, 2.05) is 30.5 Å². The van der Waals surface area contributed by atoms with Crippen LogP contribution in [0.25, 0.3) is 16.7 Å². The van der Waals surface area contributed by atoms with E-state index in [9.17, 15) is 18.0 Å². The van der Waals surface area contributed by atoms with Crippen molar-refractivity contribution in [1.82, 2.24) is 9.88 Å². The van der Waals surface area contributed by atoms with E-state index in [2.05, 4.69) is 35.3 Å². The van der Waals surface area contributed by atoms with Crippen LogP contribution >= 0.6 is 11.8 Å². The van der Waals surface area contributed by atoms with E-state index in [0.717, 1.165) is 48.1 Å². The summed E-state index contributed by atoms with van der Waals surface area (Å²) in [5.41, 5.74) is 6.63. The summed E-state index contributed by atoms with van der Waals surface area (Å²) in [6, 6.07) is 17.7. The minimum Gasteiger partial charge on any atom is -0.328 e. The van der Waals surface area contributed by atoms with Gasteiger partial charge in [-0.3, -0.25) is 9.78 Å². The van der Waals surface area contributed by atoms with Crippen molar-refractivity contribution in [3.8, 4) is 11.1 Å². The number of piperidine rings is 1. The molecule has 3 aromatic rings. The number of pyridine rings is 1. The summed E-state index contributed by atoms with van der Waals surface area (Å²) in [6.07, 6.45) is 0.966. The first kappa shape index (κ1) is 21.5. The minimum absolute atomic E-state index is 0.393. The molecule has 6 rings (SSSR count). The number of amides is 1. The topological polar surface area (TPSA) is 33.2 Å². The van der Waals surface area contributed by atoms with Gasteiger partial charge in [-0.15, -0.1) is 0 Å². The van der Waals surface area contributed by atoms with Gasteiger partial charge in [0, 0.05) is 39.8 Å². The van der Waals surface area contributed by atoms with Gasteiger partial charge in [0.2, 0.25) is 0 Å². The third-order valence-corrected chi connectivity index (χ3v) is 8.17. The van der Waals surface area contributed by atoms with Crippen LogP contribution in [0.2, 0.25) is 0 Å². The van der Waals surface area contributed by atoms with E-state index < -0.39 is 24.2 Å². The maximum absolute atomic E-state index is 13.2. The number of fused-ring (bicyclic) bond motifs is 4. The SMILES string of the molecule is O=C(N1C2CCC1CC(=C1c3ccccc3Sc3cc(-c4cccnc4)ccc31)C2)C(F)(F)F. The minimum atomic E-state index is -4.82. The van der Waals surface area contributed by atoms with Gasteiger partial charge in [-0.05, 0) is 66.1 Å². The van der Waals surface area contributed by atoms with Crippen LogP contribution in [-0.4, -0.2) is 34.1 Å². The first-order valence-corrected chi connectivity index (χ1v) is 12.2. The molecule has 0 saturated carbocycles. The number of benzene rings is 2. The Labute approximate surface area is 199 Å². The van der Waals surface area contributed by atoms with E-state index in [-0.39, 0.29) is 0 Å². The Morgan fingerprint density at radius 1 is 0.912 bits per heavy atom. The molecule has 34 heavy (non-hydrogen) atoms. The second-order valence-electron chi connectivity index (χ2n) is 9.03. The lowest BCUT2D eigenvalue weighted by atomic mass is 9.85. The summed E-state index contributed by atoms with van der Waals surface area (Å²) in [4.78, 5) is 19.7. The highest BCUT2D eigenvalue weighted by Gasteiger charge is 2.51. The van der Waals surface area contributed by atoms with Crippen LogP contribution in [0, 0.1) is 0 Å². The quantitative estimate of drug-likeness (QED) is 0.304. The number of carbonyl (C=O) groups is 1. The number of aromatic nitrogens is 1. The van der Waals surface area contributed by atoms with E-state index in [1.165, 1.54) is 0 Å². The van der Waals surface area contributed by atoms with Crippen LogP contribution in [0.4, 0.5) is 13.2 Å². The number of hydrogen-bond acceptors (Lipinski definition) is 3. The molecule has 2 aromatic carbocycles. The fourth-order valence-electron chi connectivity index (χ4n) is 5.63. The summed E-state index contributed by atoms with van der Waals surface area (Å²) < 4.78 is 39.7. The van der Waals surface area contributed by atoms with Crippen LogP contribution in [0.1, 0.15) is 36.8 Å². The third kappa shape index (κ3) is 3.54. The highest BCUT2D eigenvalue weighted by Crippen LogP contribution is 2.51. The van der Waals surface area contributed by atoms with Gasteiger partial charge in [-0.1, -0.05) is 53.7 Å². The van der Waals surface area contributed by atoms with E-state index in [0.29, 0.717) is 25.7 Å². The molecule has 2 saturated heterocycles. The molecule has 0 spiro atoms. The predicted molar refractivity (Wildman–Crippen MR) is 125 cm³/mol. The molecule has 3 aliphatic rings. The maximum Gasteiger partial charge on any atom is 0.471 e. The molecule has 2 unspecified atom stereocenters. The average Bonchev–Trinajstić information content (AvgIpc) is 3.10. The Morgan fingerprint density at radius 2 is 1.65 bits per heavy atom. The molecule has 2 atom stereocenters. The van der Waals surface area contributed by atoms with Crippen molar-refractivity contribution in [2.45, 2.75) is 53.7 Å². The van der Waals surface area contributed by atoms with Crippen LogP contribution < -0.4 is 0 Å². The number of halogens is 3. The first-order valence-electron chi connectivity index (χ1n) is 11.3. The lowest BCUT2D eigenvalue weighted by Gasteiger charge is -2.38. The number of carbonyl (C=O) groups excluding carboxylic acids is 1.